The molecule has 140 valence electrons. The van der Waals surface area contributed by atoms with Crippen LogP contribution in [0.15, 0.2) is 24.3 Å². The predicted molar refractivity (Wildman–Crippen MR) is 98.7 cm³/mol. The molecule has 3 aliphatic rings. The van der Waals surface area contributed by atoms with E-state index in [1.54, 1.807) is 0 Å². The van der Waals surface area contributed by atoms with E-state index >= 15 is 0 Å². The molecule has 0 saturated carbocycles. The second-order valence-corrected chi connectivity index (χ2v) is 8.02. The van der Waals surface area contributed by atoms with Crippen molar-refractivity contribution in [3.05, 3.63) is 35.4 Å². The number of rotatable bonds is 3. The lowest BCUT2D eigenvalue weighted by Crippen LogP contribution is -2.43. The van der Waals surface area contributed by atoms with Crippen LogP contribution in [0.1, 0.15) is 54.9 Å². The third-order valence-corrected chi connectivity index (χ3v) is 6.70. The molecule has 3 aliphatic heterocycles. The zero-order valence-electron chi connectivity index (χ0n) is 15.6. The smallest absolute Gasteiger partial charge is 0.254 e. The second-order valence-electron chi connectivity index (χ2n) is 8.02. The number of benzene rings is 1. The first-order valence-corrected chi connectivity index (χ1v) is 9.84. The van der Waals surface area contributed by atoms with Gasteiger partial charge in [-0.3, -0.25) is 9.59 Å². The van der Waals surface area contributed by atoms with Crippen LogP contribution in [0, 0.1) is 5.41 Å². The maximum absolute atomic E-state index is 13.0. The topological polar surface area (TPSA) is 49.9 Å². The fourth-order valence-electron chi connectivity index (χ4n) is 4.81. The zero-order valence-corrected chi connectivity index (χ0v) is 15.6. The Labute approximate surface area is 155 Å². The van der Waals surface area contributed by atoms with Crippen molar-refractivity contribution in [1.82, 2.24) is 9.80 Å². The molecule has 0 radical (unpaired) electrons. The molecule has 5 heteroatoms. The van der Waals surface area contributed by atoms with E-state index in [0.717, 1.165) is 63.1 Å². The molecular formula is C21H28N2O3. The molecule has 4 rings (SSSR count). The van der Waals surface area contributed by atoms with Gasteiger partial charge in [-0.15, -0.1) is 0 Å². The Morgan fingerprint density at radius 3 is 2.54 bits per heavy atom. The van der Waals surface area contributed by atoms with Gasteiger partial charge in [-0.1, -0.05) is 12.1 Å². The zero-order chi connectivity index (χ0) is 18.1. The molecule has 3 heterocycles. The fourth-order valence-corrected chi connectivity index (χ4v) is 4.81. The maximum Gasteiger partial charge on any atom is 0.254 e. The van der Waals surface area contributed by atoms with Crippen molar-refractivity contribution in [2.24, 2.45) is 5.41 Å². The minimum Gasteiger partial charge on any atom is -0.381 e. The van der Waals surface area contributed by atoms with E-state index < -0.39 is 0 Å². The molecule has 0 aliphatic carbocycles. The molecular weight excluding hydrogens is 328 g/mol. The Bertz CT molecular complexity index is 679. The van der Waals surface area contributed by atoms with E-state index in [-0.39, 0.29) is 23.3 Å². The number of carbonyl (C=O) groups excluding carboxylic acids is 2. The number of ether oxygens (including phenoxy) is 1. The minimum absolute atomic E-state index is 0.129. The van der Waals surface area contributed by atoms with E-state index in [0.29, 0.717) is 13.0 Å². The summed E-state index contributed by atoms with van der Waals surface area (Å²) in [6.45, 7) is 6.16. The fraction of sp³-hybridized carbons (Fsp3) is 0.619. The summed E-state index contributed by atoms with van der Waals surface area (Å²) in [6, 6.07) is 8.08. The molecule has 0 N–H and O–H groups in total. The van der Waals surface area contributed by atoms with E-state index in [2.05, 4.69) is 6.92 Å². The standard InChI is InChI=1S/C21H28N2O3/c1-16-21(9-13-26-14-10-21)8-12-23(16)20(25)18-6-4-17(5-7-18)15-22-11-2-3-19(22)24/h4-7,16H,2-3,8-15H2,1H3. The van der Waals surface area contributed by atoms with Gasteiger partial charge >= 0.3 is 0 Å². The van der Waals surface area contributed by atoms with Gasteiger partial charge in [0.05, 0.1) is 0 Å². The molecule has 1 aromatic rings. The van der Waals surface area contributed by atoms with Crippen LogP contribution < -0.4 is 0 Å². The van der Waals surface area contributed by atoms with Gasteiger partial charge in [0.2, 0.25) is 5.91 Å². The SMILES string of the molecule is CC1N(C(=O)c2ccc(CN3CCCC3=O)cc2)CCC12CCOCC2. The molecule has 1 spiro atoms. The van der Waals surface area contributed by atoms with Gasteiger partial charge in [-0.25, -0.2) is 0 Å². The summed E-state index contributed by atoms with van der Waals surface area (Å²) in [5, 5.41) is 0. The van der Waals surface area contributed by atoms with Gasteiger partial charge < -0.3 is 14.5 Å². The van der Waals surface area contributed by atoms with Crippen LogP contribution in [-0.4, -0.2) is 54.0 Å². The third-order valence-electron chi connectivity index (χ3n) is 6.70. The first-order chi connectivity index (χ1) is 12.6. The Kier molecular flexibility index (Phi) is 4.74. The number of likely N-dealkylation sites (tertiary alicyclic amines) is 2. The summed E-state index contributed by atoms with van der Waals surface area (Å²) in [4.78, 5) is 28.7. The number of nitrogens with zero attached hydrogens (tertiary/aromatic N) is 2. The second kappa shape index (κ2) is 7.03. The molecule has 5 nitrogen and oxygen atoms in total. The average molecular weight is 356 g/mol. The highest BCUT2D eigenvalue weighted by Gasteiger charge is 2.47. The average Bonchev–Trinajstić information content (AvgIpc) is 3.20. The minimum atomic E-state index is 0.129. The lowest BCUT2D eigenvalue weighted by atomic mass is 9.74. The lowest BCUT2D eigenvalue weighted by molar-refractivity contribution is -0.128. The van der Waals surface area contributed by atoms with Crippen LogP contribution in [0.2, 0.25) is 0 Å². The quantitative estimate of drug-likeness (QED) is 0.837. The summed E-state index contributed by atoms with van der Waals surface area (Å²) < 4.78 is 5.53. The normalized spacial score (nSPS) is 25.3. The molecule has 1 aromatic carbocycles. The summed E-state index contributed by atoms with van der Waals surface area (Å²) >= 11 is 0. The van der Waals surface area contributed by atoms with Crippen LogP contribution in [0.5, 0.6) is 0 Å². The van der Waals surface area contributed by atoms with Crippen molar-refractivity contribution in [3.63, 3.8) is 0 Å². The highest BCUT2D eigenvalue weighted by Crippen LogP contribution is 2.45. The van der Waals surface area contributed by atoms with Gasteiger partial charge in [-0.05, 0) is 55.7 Å². The van der Waals surface area contributed by atoms with Gasteiger partial charge in [0.15, 0.2) is 0 Å². The summed E-state index contributed by atoms with van der Waals surface area (Å²) in [6.07, 6.45) is 4.81. The Morgan fingerprint density at radius 1 is 1.15 bits per heavy atom. The molecule has 1 atom stereocenters. The van der Waals surface area contributed by atoms with Gasteiger partial charge in [0.1, 0.15) is 0 Å². The molecule has 1 unspecified atom stereocenters. The van der Waals surface area contributed by atoms with Gasteiger partial charge in [0.25, 0.3) is 5.91 Å². The van der Waals surface area contributed by atoms with Crippen molar-refractivity contribution in [2.45, 2.75) is 51.6 Å². The third kappa shape index (κ3) is 3.13. The molecule has 2 amide bonds. The van der Waals surface area contributed by atoms with Crippen molar-refractivity contribution >= 4 is 11.8 Å². The van der Waals surface area contributed by atoms with Crippen LogP contribution in [-0.2, 0) is 16.1 Å². The van der Waals surface area contributed by atoms with Crippen molar-refractivity contribution in [3.8, 4) is 0 Å². The molecule has 3 fully saturated rings. The summed E-state index contributed by atoms with van der Waals surface area (Å²) in [7, 11) is 0. The van der Waals surface area contributed by atoms with Crippen molar-refractivity contribution < 1.29 is 14.3 Å². The molecule has 26 heavy (non-hydrogen) atoms. The molecule has 0 aromatic heterocycles. The highest BCUT2D eigenvalue weighted by molar-refractivity contribution is 5.94. The van der Waals surface area contributed by atoms with Gasteiger partial charge in [0, 0.05) is 50.9 Å². The summed E-state index contributed by atoms with van der Waals surface area (Å²) in [5.41, 5.74) is 2.08. The van der Waals surface area contributed by atoms with Crippen LogP contribution in [0.4, 0.5) is 0 Å². The van der Waals surface area contributed by atoms with E-state index in [1.807, 2.05) is 34.1 Å². The number of hydrogen-bond acceptors (Lipinski definition) is 3. The van der Waals surface area contributed by atoms with Crippen molar-refractivity contribution in [1.29, 1.82) is 0 Å². The van der Waals surface area contributed by atoms with Crippen molar-refractivity contribution in [2.75, 3.05) is 26.3 Å². The Balaban J connectivity index is 1.42. The van der Waals surface area contributed by atoms with E-state index in [9.17, 15) is 9.59 Å². The largest absolute Gasteiger partial charge is 0.381 e. The van der Waals surface area contributed by atoms with Gasteiger partial charge in [-0.2, -0.15) is 0 Å². The van der Waals surface area contributed by atoms with Crippen LogP contribution in [0.3, 0.4) is 0 Å². The summed E-state index contributed by atoms with van der Waals surface area (Å²) in [5.74, 6) is 0.363. The molecule has 0 bridgehead atoms. The molecule has 3 saturated heterocycles. The van der Waals surface area contributed by atoms with Crippen LogP contribution in [0.25, 0.3) is 0 Å². The number of carbonyl (C=O) groups is 2. The number of hydrogen-bond donors (Lipinski definition) is 0. The Hall–Kier alpha value is -1.88. The van der Waals surface area contributed by atoms with Crippen LogP contribution >= 0.6 is 0 Å². The Morgan fingerprint density at radius 2 is 1.88 bits per heavy atom. The first kappa shape index (κ1) is 17.5. The monoisotopic (exact) mass is 356 g/mol. The maximum atomic E-state index is 13.0. The number of amides is 2. The predicted octanol–water partition coefficient (Wildman–Crippen LogP) is 2.84. The van der Waals surface area contributed by atoms with E-state index in [4.69, 9.17) is 4.74 Å². The highest BCUT2D eigenvalue weighted by atomic mass is 16.5. The van der Waals surface area contributed by atoms with E-state index in [1.165, 1.54) is 0 Å². The lowest BCUT2D eigenvalue weighted by Gasteiger charge is -2.38. The first-order valence-electron chi connectivity index (χ1n) is 9.84.